The second kappa shape index (κ2) is 14.4. The SMILES string of the molecule is CC(C)c1ccc(-c2[c-]cccc2)nc1.C[Si](C)(C)c1ccc2c(c1)oc1c(-c3cc(C4CCCCC4)ccn3)[c-]ccc12.[Ir]. The summed E-state index contributed by atoms with van der Waals surface area (Å²) in [4.78, 5) is 9.14. The molecule has 7 rings (SSSR count). The molecule has 1 aliphatic carbocycles. The third-order valence-electron chi connectivity index (χ3n) is 8.85. The van der Waals surface area contributed by atoms with Crippen molar-refractivity contribution >= 4 is 35.2 Å². The first-order valence-corrected chi connectivity index (χ1v) is 19.5. The molecule has 0 amide bonds. The van der Waals surface area contributed by atoms with Crippen LogP contribution in [-0.2, 0) is 20.1 Å². The van der Waals surface area contributed by atoms with Crippen LogP contribution in [0.2, 0.25) is 19.6 Å². The molecule has 1 radical (unpaired) electrons. The summed E-state index contributed by atoms with van der Waals surface area (Å²) in [5, 5.41) is 3.76. The van der Waals surface area contributed by atoms with Gasteiger partial charge in [0.25, 0.3) is 0 Å². The number of benzene rings is 3. The van der Waals surface area contributed by atoms with Crippen molar-refractivity contribution in [1.29, 1.82) is 0 Å². The molecule has 0 saturated heterocycles. The second-order valence-corrected chi connectivity index (χ2v) is 18.5. The summed E-state index contributed by atoms with van der Waals surface area (Å²) < 4.78 is 6.41. The Balaban J connectivity index is 0.000000212. The molecule has 1 fully saturated rings. The number of aromatic nitrogens is 2. The van der Waals surface area contributed by atoms with E-state index in [1.807, 2.05) is 42.7 Å². The Bertz CT molecular complexity index is 1850. The van der Waals surface area contributed by atoms with Crippen molar-refractivity contribution in [2.24, 2.45) is 0 Å². The molecular formula is C40H42IrN2OSi-2. The van der Waals surface area contributed by atoms with Gasteiger partial charge in [-0.05, 0) is 53.8 Å². The van der Waals surface area contributed by atoms with Crippen LogP contribution in [0.15, 0.2) is 95.7 Å². The van der Waals surface area contributed by atoms with Crippen molar-refractivity contribution < 1.29 is 24.5 Å². The maximum atomic E-state index is 6.41. The van der Waals surface area contributed by atoms with Crippen LogP contribution in [0.5, 0.6) is 0 Å². The van der Waals surface area contributed by atoms with Crippen LogP contribution in [-0.4, -0.2) is 18.0 Å². The van der Waals surface area contributed by atoms with Crippen LogP contribution >= 0.6 is 0 Å². The van der Waals surface area contributed by atoms with Crippen molar-refractivity contribution in [1.82, 2.24) is 9.97 Å². The summed E-state index contributed by atoms with van der Waals surface area (Å²) in [7, 11) is -1.38. The number of hydrogen-bond donors (Lipinski definition) is 0. The number of hydrogen-bond acceptors (Lipinski definition) is 3. The fourth-order valence-corrected chi connectivity index (χ4v) is 7.28. The molecule has 1 aliphatic rings. The molecule has 3 nitrogen and oxygen atoms in total. The average molecular weight is 787 g/mol. The maximum Gasteiger partial charge on any atom is 0.120 e. The minimum absolute atomic E-state index is 0. The zero-order valence-electron chi connectivity index (χ0n) is 27.0. The molecule has 1 saturated carbocycles. The van der Waals surface area contributed by atoms with E-state index in [2.05, 4.69) is 99.1 Å². The monoisotopic (exact) mass is 787 g/mol. The van der Waals surface area contributed by atoms with Crippen molar-refractivity contribution in [3.05, 3.63) is 115 Å². The fraction of sp³-hybridized carbons (Fsp3) is 0.300. The van der Waals surface area contributed by atoms with Gasteiger partial charge in [-0.15, -0.1) is 54.1 Å². The minimum atomic E-state index is -1.38. The van der Waals surface area contributed by atoms with Gasteiger partial charge >= 0.3 is 0 Å². The van der Waals surface area contributed by atoms with Gasteiger partial charge in [0.05, 0.1) is 13.7 Å². The Kier molecular flexibility index (Phi) is 10.5. The summed E-state index contributed by atoms with van der Waals surface area (Å²) in [6.45, 7) is 11.5. The van der Waals surface area contributed by atoms with E-state index in [0.29, 0.717) is 11.8 Å². The average Bonchev–Trinajstić information content (AvgIpc) is 3.44. The van der Waals surface area contributed by atoms with Gasteiger partial charge in [0.15, 0.2) is 0 Å². The molecule has 3 aromatic carbocycles. The first kappa shape index (κ1) is 33.0. The second-order valence-electron chi connectivity index (χ2n) is 13.4. The number of pyridine rings is 2. The van der Waals surface area contributed by atoms with Crippen molar-refractivity contribution in [2.45, 2.75) is 77.4 Å². The van der Waals surface area contributed by atoms with E-state index >= 15 is 0 Å². The number of fused-ring (bicyclic) bond motifs is 3. The Morgan fingerprint density at radius 3 is 2.31 bits per heavy atom. The minimum Gasteiger partial charge on any atom is -0.501 e. The maximum absolute atomic E-state index is 6.41. The number of rotatable bonds is 5. The van der Waals surface area contributed by atoms with Crippen LogP contribution in [0.1, 0.15) is 68.9 Å². The standard InChI is InChI=1S/C26H28NOSi.C14H14N.Ir/c1-29(2,3)20-12-13-21-22-10-7-11-23(26(22)28-25(21)17-20)24-16-19(14-15-27-24)18-8-5-4-6-9-18;1-11(2)13-8-9-14(15-10-13)12-6-4-3-5-7-12;/h7,10,12-18H,4-6,8-9H2,1-3H3;3-6,8-11H,1-2H3;/q2*-1;. The Labute approximate surface area is 282 Å². The van der Waals surface area contributed by atoms with Crippen LogP contribution in [0, 0.1) is 12.1 Å². The molecule has 0 aliphatic heterocycles. The summed E-state index contributed by atoms with van der Waals surface area (Å²) in [6, 6.07) is 34.0. The molecule has 0 atom stereocenters. The Hall–Kier alpha value is -3.37. The van der Waals surface area contributed by atoms with Crippen LogP contribution in [0.3, 0.4) is 0 Å². The summed E-state index contributed by atoms with van der Waals surface area (Å²) in [6.07, 6.45) is 10.5. The predicted octanol–water partition coefficient (Wildman–Crippen LogP) is 10.7. The van der Waals surface area contributed by atoms with E-state index < -0.39 is 8.07 Å². The molecule has 0 bridgehead atoms. The molecule has 0 unspecified atom stereocenters. The molecule has 0 spiro atoms. The summed E-state index contributed by atoms with van der Waals surface area (Å²) in [5.41, 5.74) is 8.56. The van der Waals surface area contributed by atoms with E-state index in [-0.39, 0.29) is 20.1 Å². The summed E-state index contributed by atoms with van der Waals surface area (Å²) >= 11 is 0. The largest absolute Gasteiger partial charge is 0.501 e. The van der Waals surface area contributed by atoms with E-state index in [4.69, 9.17) is 9.40 Å². The van der Waals surface area contributed by atoms with Gasteiger partial charge in [0.1, 0.15) is 5.58 Å². The van der Waals surface area contributed by atoms with Crippen LogP contribution in [0.25, 0.3) is 44.5 Å². The van der Waals surface area contributed by atoms with Gasteiger partial charge in [0, 0.05) is 37.9 Å². The molecule has 0 N–H and O–H groups in total. The zero-order chi connectivity index (χ0) is 30.7. The third kappa shape index (κ3) is 7.55. The first-order chi connectivity index (χ1) is 21.3. The van der Waals surface area contributed by atoms with Gasteiger partial charge in [-0.1, -0.05) is 105 Å². The number of nitrogens with zero attached hydrogens (tertiary/aromatic N) is 2. The van der Waals surface area contributed by atoms with Crippen LogP contribution < -0.4 is 5.19 Å². The van der Waals surface area contributed by atoms with E-state index in [0.717, 1.165) is 39.1 Å². The van der Waals surface area contributed by atoms with Crippen molar-refractivity contribution in [3.63, 3.8) is 0 Å². The Morgan fingerprint density at radius 1 is 0.800 bits per heavy atom. The van der Waals surface area contributed by atoms with E-state index in [9.17, 15) is 0 Å². The normalized spacial score (nSPS) is 13.8. The molecule has 6 aromatic rings. The summed E-state index contributed by atoms with van der Waals surface area (Å²) in [5.74, 6) is 1.20. The van der Waals surface area contributed by atoms with Gasteiger partial charge < -0.3 is 14.4 Å². The third-order valence-corrected chi connectivity index (χ3v) is 10.9. The van der Waals surface area contributed by atoms with Crippen molar-refractivity contribution in [2.75, 3.05) is 0 Å². The van der Waals surface area contributed by atoms with Gasteiger partial charge in [-0.3, -0.25) is 0 Å². The molecule has 3 heterocycles. The van der Waals surface area contributed by atoms with Gasteiger partial charge in [-0.2, -0.15) is 0 Å². The molecule has 45 heavy (non-hydrogen) atoms. The molecule has 233 valence electrons. The smallest absolute Gasteiger partial charge is 0.120 e. The number of furan rings is 1. The molecule has 5 heteroatoms. The quantitative estimate of drug-likeness (QED) is 0.129. The Morgan fingerprint density at radius 2 is 1.62 bits per heavy atom. The topological polar surface area (TPSA) is 38.9 Å². The molecule has 3 aromatic heterocycles. The van der Waals surface area contributed by atoms with E-state index in [1.54, 1.807) is 0 Å². The zero-order valence-corrected chi connectivity index (χ0v) is 30.4. The first-order valence-electron chi connectivity index (χ1n) is 16.0. The van der Waals surface area contributed by atoms with Crippen molar-refractivity contribution in [3.8, 4) is 22.5 Å². The van der Waals surface area contributed by atoms with E-state index in [1.165, 1.54) is 53.8 Å². The fourth-order valence-electron chi connectivity index (χ4n) is 6.13. The van der Waals surface area contributed by atoms with Crippen LogP contribution in [0.4, 0.5) is 0 Å². The van der Waals surface area contributed by atoms with Gasteiger partial charge in [0.2, 0.25) is 0 Å². The molecular weight excluding hydrogens is 745 g/mol. The van der Waals surface area contributed by atoms with Gasteiger partial charge in [-0.25, -0.2) is 0 Å². The predicted molar refractivity (Wildman–Crippen MR) is 187 cm³/mol.